The lowest BCUT2D eigenvalue weighted by molar-refractivity contribution is -0.478. The number of aliphatic hydroxyl groups excluding tert-OH is 1. The molecule has 2 aliphatic heterocycles. The molecule has 7 atom stereocenters. The Morgan fingerprint density at radius 3 is 2.19 bits per heavy atom. The minimum atomic E-state index is -1.61. The molecule has 10 nitrogen and oxygen atoms in total. The Hall–Kier alpha value is -2.44. The fraction of sp³-hybridized carbons (Fsp3) is 0.500. The summed E-state index contributed by atoms with van der Waals surface area (Å²) in [6.45, 7) is 3.25. The molecule has 11 heteroatoms. The average Bonchev–Trinajstić information content (AvgIpc) is 2.88. The molecule has 2 saturated heterocycles. The van der Waals surface area contributed by atoms with Crippen LogP contribution in [0.2, 0.25) is 5.02 Å². The summed E-state index contributed by atoms with van der Waals surface area (Å²) >= 11 is 6.53. The molecule has 37 heavy (non-hydrogen) atoms. The Kier molecular flexibility index (Phi) is 8.01. The first-order chi connectivity index (χ1) is 17.5. The van der Waals surface area contributed by atoms with Gasteiger partial charge in [-0.25, -0.2) is 4.79 Å². The van der Waals surface area contributed by atoms with Gasteiger partial charge in [0.05, 0.1) is 7.11 Å². The molecule has 0 spiro atoms. The number of carboxylic acid groups (broad SMARTS) is 1. The van der Waals surface area contributed by atoms with Crippen LogP contribution in [0.5, 0.6) is 5.75 Å². The molecule has 7 unspecified atom stereocenters. The van der Waals surface area contributed by atoms with Crippen molar-refractivity contribution in [3.63, 3.8) is 0 Å². The molecule has 0 aromatic heterocycles. The fourth-order valence-electron chi connectivity index (χ4n) is 4.63. The zero-order valence-corrected chi connectivity index (χ0v) is 21.9. The van der Waals surface area contributed by atoms with Crippen LogP contribution in [-0.4, -0.2) is 73.9 Å². The third-order valence-corrected chi connectivity index (χ3v) is 7.38. The van der Waals surface area contributed by atoms with Gasteiger partial charge in [-0.2, -0.15) is 0 Å². The summed E-state index contributed by atoms with van der Waals surface area (Å²) in [5, 5.41) is 20.7. The van der Waals surface area contributed by atoms with E-state index in [9.17, 15) is 15.0 Å². The zero-order chi connectivity index (χ0) is 27.0. The van der Waals surface area contributed by atoms with Crippen LogP contribution < -0.4 is 4.74 Å². The molecule has 0 radical (unpaired) electrons. The molecular formula is C26H31ClO10. The van der Waals surface area contributed by atoms with E-state index < -0.39 is 48.4 Å². The highest BCUT2D eigenvalue weighted by Gasteiger charge is 2.63. The van der Waals surface area contributed by atoms with Crippen molar-refractivity contribution >= 4 is 17.8 Å². The second kappa shape index (κ2) is 10.7. The van der Waals surface area contributed by atoms with E-state index in [2.05, 4.69) is 0 Å². The number of aliphatic hydroxyl groups is 1. The van der Waals surface area contributed by atoms with Crippen molar-refractivity contribution in [2.24, 2.45) is 0 Å². The summed E-state index contributed by atoms with van der Waals surface area (Å²) in [5.41, 5.74) is 2.43. The average molecular weight is 539 g/mol. The Labute approximate surface area is 219 Å². The van der Waals surface area contributed by atoms with Gasteiger partial charge in [-0.1, -0.05) is 35.9 Å². The predicted octanol–water partition coefficient (Wildman–Crippen LogP) is 3.90. The van der Waals surface area contributed by atoms with Crippen LogP contribution >= 0.6 is 11.6 Å². The minimum absolute atomic E-state index is 0.518. The molecule has 2 fully saturated rings. The van der Waals surface area contributed by atoms with E-state index in [1.54, 1.807) is 33.1 Å². The van der Waals surface area contributed by atoms with Gasteiger partial charge in [-0.05, 0) is 55.2 Å². The Bertz CT molecular complexity index is 1110. The maximum atomic E-state index is 11.3. The maximum Gasteiger partial charge on any atom is 0.508 e. The normalized spacial score (nSPS) is 33.4. The van der Waals surface area contributed by atoms with E-state index in [1.807, 2.05) is 30.3 Å². The topological polar surface area (TPSA) is 122 Å². The molecule has 0 bridgehead atoms. The fourth-order valence-corrected chi connectivity index (χ4v) is 4.81. The van der Waals surface area contributed by atoms with Crippen molar-refractivity contribution in [3.05, 3.63) is 64.2 Å². The number of hydrogen-bond acceptors (Lipinski definition) is 9. The monoisotopic (exact) mass is 538 g/mol. The molecule has 4 rings (SSSR count). The van der Waals surface area contributed by atoms with E-state index in [-0.39, 0.29) is 0 Å². The van der Waals surface area contributed by atoms with Crippen LogP contribution in [0.25, 0.3) is 0 Å². The van der Waals surface area contributed by atoms with Gasteiger partial charge in [0.2, 0.25) is 17.9 Å². The maximum absolute atomic E-state index is 11.3. The van der Waals surface area contributed by atoms with E-state index in [4.69, 9.17) is 44.8 Å². The molecule has 0 aliphatic carbocycles. The first-order valence-corrected chi connectivity index (χ1v) is 12.0. The number of benzene rings is 2. The van der Waals surface area contributed by atoms with Gasteiger partial charge in [0.15, 0.2) is 0 Å². The largest absolute Gasteiger partial charge is 0.508 e. The number of methoxy groups -OCH3 is 3. The van der Waals surface area contributed by atoms with E-state index in [0.717, 1.165) is 16.9 Å². The van der Waals surface area contributed by atoms with Crippen molar-refractivity contribution in [1.29, 1.82) is 0 Å². The molecule has 2 aromatic rings. The van der Waals surface area contributed by atoms with Gasteiger partial charge in [-0.15, -0.1) is 0 Å². The molecule has 2 heterocycles. The van der Waals surface area contributed by atoms with Crippen molar-refractivity contribution in [3.8, 4) is 5.75 Å². The van der Waals surface area contributed by atoms with E-state index in [1.165, 1.54) is 14.2 Å². The molecule has 2 N–H and O–H groups in total. The highest BCUT2D eigenvalue weighted by atomic mass is 35.5. The zero-order valence-electron chi connectivity index (χ0n) is 21.2. The molecule has 2 aliphatic rings. The molecule has 2 aromatic carbocycles. The lowest BCUT2D eigenvalue weighted by atomic mass is 9.89. The number of ether oxygens (including phenoxy) is 7. The van der Waals surface area contributed by atoms with Crippen LogP contribution in [0.4, 0.5) is 4.79 Å². The van der Waals surface area contributed by atoms with Crippen molar-refractivity contribution in [2.75, 3.05) is 21.3 Å². The second-order valence-corrected chi connectivity index (χ2v) is 9.55. The molecule has 202 valence electrons. The van der Waals surface area contributed by atoms with Crippen molar-refractivity contribution in [1.82, 2.24) is 0 Å². The lowest BCUT2D eigenvalue weighted by Gasteiger charge is -2.56. The highest BCUT2D eigenvalue weighted by molar-refractivity contribution is 6.31. The van der Waals surface area contributed by atoms with Crippen molar-refractivity contribution in [2.45, 2.75) is 62.5 Å². The summed E-state index contributed by atoms with van der Waals surface area (Å²) in [6.07, 6.45) is -7.01. The summed E-state index contributed by atoms with van der Waals surface area (Å²) < 4.78 is 39.7. The quantitative estimate of drug-likeness (QED) is 0.502. The molecule has 0 saturated carbocycles. The first-order valence-electron chi connectivity index (χ1n) is 11.6. The summed E-state index contributed by atoms with van der Waals surface area (Å²) in [7, 11) is 4.47. The Morgan fingerprint density at radius 1 is 1.00 bits per heavy atom. The van der Waals surface area contributed by atoms with Gasteiger partial charge >= 0.3 is 6.16 Å². The molecule has 0 amide bonds. The number of fused-ring (bicyclic) bond motifs is 1. The number of rotatable bonds is 7. The Morgan fingerprint density at radius 2 is 1.62 bits per heavy atom. The van der Waals surface area contributed by atoms with E-state index in [0.29, 0.717) is 17.0 Å². The van der Waals surface area contributed by atoms with Crippen molar-refractivity contribution < 1.29 is 48.2 Å². The van der Waals surface area contributed by atoms with Gasteiger partial charge in [0.25, 0.3) is 0 Å². The van der Waals surface area contributed by atoms with Crippen LogP contribution in [0.15, 0.2) is 42.5 Å². The second-order valence-electron chi connectivity index (χ2n) is 9.14. The van der Waals surface area contributed by atoms with Crippen LogP contribution in [0.3, 0.4) is 0 Å². The standard InChI is InChI=1S/C26H31ClO10/c1-25(32-4)26(2,33-5)37-22-20(34-23(35-24(29)30)19(28)21(22)36-25)15-8-11-18(27)16(13-15)12-14-6-9-17(31-3)10-7-14/h6-11,13,19-23,28H,12H2,1-5H3,(H,29,30). The smallest absolute Gasteiger partial charge is 0.497 e. The summed E-state index contributed by atoms with van der Waals surface area (Å²) in [4.78, 5) is 11.3. The predicted molar refractivity (Wildman–Crippen MR) is 131 cm³/mol. The van der Waals surface area contributed by atoms with E-state index >= 15 is 0 Å². The summed E-state index contributed by atoms with van der Waals surface area (Å²) in [5.74, 6) is -2.07. The minimum Gasteiger partial charge on any atom is -0.497 e. The number of hydrogen-bond donors (Lipinski definition) is 2. The van der Waals surface area contributed by atoms with Gasteiger partial charge in [0.1, 0.15) is 30.2 Å². The third-order valence-electron chi connectivity index (χ3n) is 7.01. The SMILES string of the molecule is COc1ccc(Cc2cc(C3OC(OC(=O)O)C(O)C4OC(C)(OC)C(C)(OC)OC34)ccc2Cl)cc1. The first kappa shape index (κ1) is 27.6. The molecular weight excluding hydrogens is 508 g/mol. The number of halogens is 1. The highest BCUT2D eigenvalue weighted by Crippen LogP contribution is 2.47. The van der Waals surface area contributed by atoms with Crippen LogP contribution in [0.1, 0.15) is 36.6 Å². The number of carbonyl (C=O) groups is 1. The Balaban J connectivity index is 1.71. The van der Waals surface area contributed by atoms with Gasteiger partial charge < -0.3 is 43.4 Å². The van der Waals surface area contributed by atoms with Crippen LogP contribution in [0, 0.1) is 0 Å². The van der Waals surface area contributed by atoms with Gasteiger partial charge in [-0.3, -0.25) is 0 Å². The van der Waals surface area contributed by atoms with Crippen LogP contribution in [-0.2, 0) is 34.8 Å². The summed E-state index contributed by atoms with van der Waals surface area (Å²) in [6, 6.07) is 12.9. The van der Waals surface area contributed by atoms with Gasteiger partial charge in [0, 0.05) is 19.2 Å². The third kappa shape index (κ3) is 5.28. The lowest BCUT2D eigenvalue weighted by Crippen LogP contribution is -2.71.